The van der Waals surface area contributed by atoms with Crippen LogP contribution < -0.4 is 0 Å². The highest BCUT2D eigenvalue weighted by Crippen LogP contribution is 2.10. The van der Waals surface area contributed by atoms with Crippen molar-refractivity contribution in [2.45, 2.75) is 52.3 Å². The molecule has 0 aliphatic carbocycles. The quantitative estimate of drug-likeness (QED) is 0.804. The topological polar surface area (TPSA) is 69.2 Å². The number of H-pyrrole nitrogens is 1. The molecule has 1 aromatic rings. The Morgan fingerprint density at radius 2 is 2.00 bits per heavy atom. The van der Waals surface area contributed by atoms with E-state index >= 15 is 0 Å². The molecule has 0 spiro atoms. The number of aliphatic hydroxyl groups excluding tert-OH is 1. The van der Waals surface area contributed by atoms with Gasteiger partial charge in [-0.15, -0.1) is 0 Å². The van der Waals surface area contributed by atoms with Crippen LogP contribution in [-0.4, -0.2) is 44.1 Å². The van der Waals surface area contributed by atoms with Crippen molar-refractivity contribution >= 4 is 5.91 Å². The molecule has 96 valence electrons. The Bertz CT molecular complexity index is 339. The van der Waals surface area contributed by atoms with Crippen LogP contribution in [0.25, 0.3) is 0 Å². The van der Waals surface area contributed by atoms with Gasteiger partial charge in [0.2, 0.25) is 0 Å². The summed E-state index contributed by atoms with van der Waals surface area (Å²) in [7, 11) is 0. The van der Waals surface area contributed by atoms with Gasteiger partial charge in [0.1, 0.15) is 6.10 Å². The minimum Gasteiger partial charge on any atom is -0.383 e. The zero-order valence-electron chi connectivity index (χ0n) is 10.8. The molecule has 0 aliphatic heterocycles. The molecular formula is C12H21N3O2. The van der Waals surface area contributed by atoms with Crippen molar-refractivity contribution in [2.24, 2.45) is 0 Å². The second kappa shape index (κ2) is 5.82. The molecule has 0 aliphatic rings. The molecule has 2 N–H and O–H groups in total. The lowest BCUT2D eigenvalue weighted by molar-refractivity contribution is -0.143. The van der Waals surface area contributed by atoms with Gasteiger partial charge in [-0.25, -0.2) is 4.98 Å². The zero-order valence-corrected chi connectivity index (χ0v) is 10.8. The first-order valence-corrected chi connectivity index (χ1v) is 5.91. The first-order valence-electron chi connectivity index (χ1n) is 5.91. The van der Waals surface area contributed by atoms with Crippen LogP contribution in [0.4, 0.5) is 0 Å². The monoisotopic (exact) mass is 239 g/mol. The van der Waals surface area contributed by atoms with E-state index in [1.807, 2.05) is 27.7 Å². The Kier molecular flexibility index (Phi) is 4.69. The lowest BCUT2D eigenvalue weighted by atomic mass is 10.1. The third-order valence-electron chi connectivity index (χ3n) is 2.62. The average molecular weight is 239 g/mol. The van der Waals surface area contributed by atoms with Crippen LogP contribution in [0.15, 0.2) is 12.5 Å². The number of amides is 1. The van der Waals surface area contributed by atoms with E-state index in [0.717, 1.165) is 5.69 Å². The van der Waals surface area contributed by atoms with Crippen LogP contribution in [0.3, 0.4) is 0 Å². The Morgan fingerprint density at radius 3 is 2.41 bits per heavy atom. The average Bonchev–Trinajstić information content (AvgIpc) is 2.68. The molecule has 0 saturated heterocycles. The zero-order chi connectivity index (χ0) is 13.0. The van der Waals surface area contributed by atoms with Crippen molar-refractivity contribution in [3.05, 3.63) is 18.2 Å². The number of hydrogen-bond acceptors (Lipinski definition) is 3. The van der Waals surface area contributed by atoms with Gasteiger partial charge >= 0.3 is 0 Å². The van der Waals surface area contributed by atoms with Gasteiger partial charge in [0.15, 0.2) is 0 Å². The predicted molar refractivity (Wildman–Crippen MR) is 65.4 cm³/mol. The molecule has 0 radical (unpaired) electrons. The lowest BCUT2D eigenvalue weighted by Crippen LogP contribution is -2.47. The third kappa shape index (κ3) is 3.56. The first-order chi connectivity index (χ1) is 7.93. The second-order valence-corrected chi connectivity index (χ2v) is 4.73. The summed E-state index contributed by atoms with van der Waals surface area (Å²) >= 11 is 0. The maximum Gasteiger partial charge on any atom is 0.252 e. The SMILES string of the molecule is CC(C)N(C(=O)C(O)Cc1cnc[nH]1)C(C)C. The van der Waals surface area contributed by atoms with Gasteiger partial charge in [0.05, 0.1) is 6.33 Å². The molecule has 0 fully saturated rings. The Balaban J connectivity index is 2.67. The molecule has 0 aromatic carbocycles. The van der Waals surface area contributed by atoms with Gasteiger partial charge < -0.3 is 15.0 Å². The summed E-state index contributed by atoms with van der Waals surface area (Å²) < 4.78 is 0. The van der Waals surface area contributed by atoms with Crippen LogP contribution in [0.2, 0.25) is 0 Å². The number of hydrogen-bond donors (Lipinski definition) is 2. The smallest absolute Gasteiger partial charge is 0.252 e. The fourth-order valence-electron chi connectivity index (χ4n) is 1.97. The van der Waals surface area contributed by atoms with E-state index in [2.05, 4.69) is 9.97 Å². The summed E-state index contributed by atoms with van der Waals surface area (Å²) in [6, 6.07) is 0.165. The van der Waals surface area contributed by atoms with Crippen molar-refractivity contribution < 1.29 is 9.90 Å². The largest absolute Gasteiger partial charge is 0.383 e. The van der Waals surface area contributed by atoms with Crippen molar-refractivity contribution in [2.75, 3.05) is 0 Å². The molecule has 0 saturated carbocycles. The van der Waals surface area contributed by atoms with Gasteiger partial charge in [0, 0.05) is 30.4 Å². The lowest BCUT2D eigenvalue weighted by Gasteiger charge is -2.32. The number of nitrogens with one attached hydrogen (secondary N) is 1. The van der Waals surface area contributed by atoms with Crippen molar-refractivity contribution in [3.8, 4) is 0 Å². The summed E-state index contributed by atoms with van der Waals surface area (Å²) in [6.07, 6.45) is 2.41. The van der Waals surface area contributed by atoms with Gasteiger partial charge in [-0.2, -0.15) is 0 Å². The Morgan fingerprint density at radius 1 is 1.41 bits per heavy atom. The molecule has 1 atom stereocenters. The maximum absolute atomic E-state index is 12.1. The number of aromatic nitrogens is 2. The molecule has 17 heavy (non-hydrogen) atoms. The molecule has 1 aromatic heterocycles. The summed E-state index contributed by atoms with van der Waals surface area (Å²) in [6.45, 7) is 7.78. The summed E-state index contributed by atoms with van der Waals surface area (Å²) in [4.78, 5) is 20.5. The fourth-order valence-corrected chi connectivity index (χ4v) is 1.97. The number of aromatic amines is 1. The van der Waals surface area contributed by atoms with Crippen LogP contribution in [0, 0.1) is 0 Å². The number of imidazole rings is 1. The number of carbonyl (C=O) groups excluding carboxylic acids is 1. The molecule has 1 amide bonds. The van der Waals surface area contributed by atoms with Crippen LogP contribution in [0.5, 0.6) is 0 Å². The number of rotatable bonds is 5. The first kappa shape index (κ1) is 13.7. The molecular weight excluding hydrogens is 218 g/mol. The second-order valence-electron chi connectivity index (χ2n) is 4.73. The van der Waals surface area contributed by atoms with Crippen LogP contribution in [0.1, 0.15) is 33.4 Å². The standard InChI is InChI=1S/C12H21N3O2/c1-8(2)15(9(3)4)12(17)11(16)5-10-6-13-7-14-10/h6-9,11,16H,5H2,1-4H3,(H,13,14). The highest BCUT2D eigenvalue weighted by molar-refractivity contribution is 5.81. The van der Waals surface area contributed by atoms with E-state index in [1.165, 1.54) is 6.33 Å². The molecule has 0 bridgehead atoms. The van der Waals surface area contributed by atoms with E-state index in [-0.39, 0.29) is 24.4 Å². The minimum absolute atomic E-state index is 0.0823. The molecule has 1 heterocycles. The van der Waals surface area contributed by atoms with E-state index < -0.39 is 6.10 Å². The van der Waals surface area contributed by atoms with Gasteiger partial charge in [-0.3, -0.25) is 4.79 Å². The summed E-state index contributed by atoms with van der Waals surface area (Å²) in [5.41, 5.74) is 0.762. The summed E-state index contributed by atoms with van der Waals surface area (Å²) in [5, 5.41) is 9.92. The molecule has 1 unspecified atom stereocenters. The van der Waals surface area contributed by atoms with Gasteiger partial charge in [-0.1, -0.05) is 0 Å². The Hall–Kier alpha value is -1.36. The van der Waals surface area contributed by atoms with Crippen molar-refractivity contribution in [1.82, 2.24) is 14.9 Å². The number of carbonyl (C=O) groups is 1. The van der Waals surface area contributed by atoms with E-state index in [1.54, 1.807) is 11.1 Å². The summed E-state index contributed by atoms with van der Waals surface area (Å²) in [5.74, 6) is -0.232. The van der Waals surface area contributed by atoms with Gasteiger partial charge in [-0.05, 0) is 27.7 Å². The van der Waals surface area contributed by atoms with Crippen LogP contribution in [-0.2, 0) is 11.2 Å². The van der Waals surface area contributed by atoms with E-state index in [0.29, 0.717) is 0 Å². The predicted octanol–water partition coefficient (Wildman–Crippen LogP) is 0.958. The van der Waals surface area contributed by atoms with E-state index in [4.69, 9.17) is 0 Å². The van der Waals surface area contributed by atoms with Gasteiger partial charge in [0.25, 0.3) is 5.91 Å². The molecule has 1 rings (SSSR count). The molecule has 5 heteroatoms. The maximum atomic E-state index is 12.1. The minimum atomic E-state index is -1.01. The van der Waals surface area contributed by atoms with Crippen molar-refractivity contribution in [3.63, 3.8) is 0 Å². The Labute approximate surface area is 102 Å². The van der Waals surface area contributed by atoms with Crippen molar-refractivity contribution in [1.29, 1.82) is 0 Å². The third-order valence-corrected chi connectivity index (χ3v) is 2.62. The molecule has 5 nitrogen and oxygen atoms in total. The van der Waals surface area contributed by atoms with Crippen LogP contribution >= 0.6 is 0 Å². The highest BCUT2D eigenvalue weighted by Gasteiger charge is 2.26. The number of aliphatic hydroxyl groups is 1. The number of nitrogens with zero attached hydrogens (tertiary/aromatic N) is 2. The van der Waals surface area contributed by atoms with E-state index in [9.17, 15) is 9.90 Å². The highest BCUT2D eigenvalue weighted by atomic mass is 16.3. The fraction of sp³-hybridized carbons (Fsp3) is 0.667. The normalized spacial score (nSPS) is 13.1.